The minimum absolute atomic E-state index is 0.0723. The van der Waals surface area contributed by atoms with Crippen molar-refractivity contribution in [1.82, 2.24) is 4.98 Å². The van der Waals surface area contributed by atoms with E-state index in [1.54, 1.807) is 12.1 Å². The van der Waals surface area contributed by atoms with Gasteiger partial charge in [0.15, 0.2) is 0 Å². The fourth-order valence-corrected chi connectivity index (χ4v) is 3.37. The van der Waals surface area contributed by atoms with Crippen molar-refractivity contribution in [3.8, 4) is 5.88 Å². The lowest BCUT2D eigenvalue weighted by atomic mass is 9.89. The first-order valence-electron chi connectivity index (χ1n) is 9.17. The topological polar surface area (TPSA) is 69.7 Å². The SMILES string of the molecule is COC(=O)c1ccc(NCC2CCCOC2c2ccc(C)cc2)nc1OC. The van der Waals surface area contributed by atoms with Crippen LogP contribution < -0.4 is 10.1 Å². The highest BCUT2D eigenvalue weighted by Gasteiger charge is 2.27. The van der Waals surface area contributed by atoms with Gasteiger partial charge in [-0.1, -0.05) is 29.8 Å². The van der Waals surface area contributed by atoms with Crippen LogP contribution in [0.3, 0.4) is 0 Å². The number of esters is 1. The Labute approximate surface area is 159 Å². The third kappa shape index (κ3) is 4.57. The first-order chi connectivity index (χ1) is 13.1. The number of pyridine rings is 1. The summed E-state index contributed by atoms with van der Waals surface area (Å²) in [6.07, 6.45) is 2.21. The molecule has 0 amide bonds. The number of hydrogen-bond donors (Lipinski definition) is 1. The van der Waals surface area contributed by atoms with E-state index in [4.69, 9.17) is 14.2 Å². The van der Waals surface area contributed by atoms with Crippen molar-refractivity contribution in [2.75, 3.05) is 32.7 Å². The Kier molecular flexibility index (Phi) is 6.29. The molecule has 1 aliphatic heterocycles. The number of ether oxygens (including phenoxy) is 3. The average Bonchev–Trinajstić information content (AvgIpc) is 2.72. The van der Waals surface area contributed by atoms with Crippen LogP contribution in [0.4, 0.5) is 5.82 Å². The summed E-state index contributed by atoms with van der Waals surface area (Å²) in [7, 11) is 2.82. The number of anilines is 1. The van der Waals surface area contributed by atoms with E-state index in [9.17, 15) is 4.79 Å². The molecule has 0 aliphatic carbocycles. The molecule has 0 spiro atoms. The molecule has 1 aliphatic rings. The van der Waals surface area contributed by atoms with Gasteiger partial charge in [0.25, 0.3) is 0 Å². The van der Waals surface area contributed by atoms with Crippen LogP contribution in [0.5, 0.6) is 5.88 Å². The van der Waals surface area contributed by atoms with E-state index >= 15 is 0 Å². The van der Waals surface area contributed by atoms with Crippen molar-refractivity contribution in [2.24, 2.45) is 5.92 Å². The van der Waals surface area contributed by atoms with Crippen molar-refractivity contribution < 1.29 is 19.0 Å². The minimum Gasteiger partial charge on any atom is -0.480 e. The van der Waals surface area contributed by atoms with Crippen LogP contribution in [0.2, 0.25) is 0 Å². The van der Waals surface area contributed by atoms with Gasteiger partial charge in [0, 0.05) is 19.1 Å². The van der Waals surface area contributed by atoms with Gasteiger partial charge >= 0.3 is 5.97 Å². The quantitative estimate of drug-likeness (QED) is 0.781. The Morgan fingerprint density at radius 1 is 1.22 bits per heavy atom. The largest absolute Gasteiger partial charge is 0.480 e. The highest BCUT2D eigenvalue weighted by molar-refractivity contribution is 5.92. The van der Waals surface area contributed by atoms with Crippen molar-refractivity contribution in [3.63, 3.8) is 0 Å². The lowest BCUT2D eigenvalue weighted by molar-refractivity contribution is -0.0238. The van der Waals surface area contributed by atoms with Gasteiger partial charge in [-0.2, -0.15) is 4.98 Å². The number of aryl methyl sites for hydroxylation is 1. The van der Waals surface area contributed by atoms with Gasteiger partial charge < -0.3 is 19.5 Å². The molecule has 2 unspecified atom stereocenters. The molecule has 1 saturated heterocycles. The molecule has 2 atom stereocenters. The highest BCUT2D eigenvalue weighted by Crippen LogP contribution is 2.34. The molecule has 0 saturated carbocycles. The summed E-state index contributed by atoms with van der Waals surface area (Å²) >= 11 is 0. The predicted molar refractivity (Wildman–Crippen MR) is 103 cm³/mol. The van der Waals surface area contributed by atoms with Gasteiger partial charge in [0.05, 0.1) is 20.3 Å². The summed E-state index contributed by atoms with van der Waals surface area (Å²) in [4.78, 5) is 16.1. The summed E-state index contributed by atoms with van der Waals surface area (Å²) in [5.41, 5.74) is 2.76. The van der Waals surface area contributed by atoms with Crippen molar-refractivity contribution in [1.29, 1.82) is 0 Å². The molecule has 6 nitrogen and oxygen atoms in total. The molecule has 1 aromatic heterocycles. The highest BCUT2D eigenvalue weighted by atomic mass is 16.5. The summed E-state index contributed by atoms with van der Waals surface area (Å²) in [6.45, 7) is 3.60. The molecule has 2 heterocycles. The van der Waals surface area contributed by atoms with Gasteiger partial charge in [-0.3, -0.25) is 0 Å². The summed E-state index contributed by atoms with van der Waals surface area (Å²) < 4.78 is 16.0. The third-order valence-corrected chi connectivity index (χ3v) is 4.85. The number of methoxy groups -OCH3 is 2. The maximum atomic E-state index is 11.8. The molecule has 2 aromatic rings. The van der Waals surface area contributed by atoms with E-state index in [1.165, 1.54) is 25.3 Å². The first kappa shape index (κ1) is 19.2. The molecule has 144 valence electrons. The molecule has 1 fully saturated rings. The van der Waals surface area contributed by atoms with E-state index in [1.807, 2.05) is 0 Å². The van der Waals surface area contributed by atoms with E-state index in [2.05, 4.69) is 41.5 Å². The van der Waals surface area contributed by atoms with Crippen LogP contribution in [0.15, 0.2) is 36.4 Å². The van der Waals surface area contributed by atoms with Crippen molar-refractivity contribution in [3.05, 3.63) is 53.1 Å². The Morgan fingerprint density at radius 3 is 2.70 bits per heavy atom. The van der Waals surface area contributed by atoms with Gasteiger partial charge in [0.1, 0.15) is 11.4 Å². The van der Waals surface area contributed by atoms with E-state index in [0.717, 1.165) is 26.0 Å². The smallest absolute Gasteiger partial charge is 0.343 e. The zero-order valence-electron chi connectivity index (χ0n) is 16.0. The lowest BCUT2D eigenvalue weighted by Gasteiger charge is -2.32. The zero-order chi connectivity index (χ0) is 19.2. The molecule has 27 heavy (non-hydrogen) atoms. The molecule has 0 radical (unpaired) electrons. The van der Waals surface area contributed by atoms with Gasteiger partial charge in [-0.05, 0) is 37.5 Å². The second-order valence-corrected chi connectivity index (χ2v) is 6.73. The zero-order valence-corrected chi connectivity index (χ0v) is 16.0. The van der Waals surface area contributed by atoms with Crippen molar-refractivity contribution >= 4 is 11.8 Å². The van der Waals surface area contributed by atoms with E-state index in [0.29, 0.717) is 17.3 Å². The van der Waals surface area contributed by atoms with Crippen LogP contribution in [-0.4, -0.2) is 38.3 Å². The number of carbonyl (C=O) groups is 1. The molecule has 0 bridgehead atoms. The fraction of sp³-hybridized carbons (Fsp3) is 0.429. The Morgan fingerprint density at radius 2 is 2.00 bits per heavy atom. The van der Waals surface area contributed by atoms with Crippen LogP contribution in [0, 0.1) is 12.8 Å². The lowest BCUT2D eigenvalue weighted by Crippen LogP contribution is -2.28. The maximum absolute atomic E-state index is 11.8. The first-order valence-corrected chi connectivity index (χ1v) is 9.17. The van der Waals surface area contributed by atoms with Crippen LogP contribution in [-0.2, 0) is 9.47 Å². The summed E-state index contributed by atoms with van der Waals surface area (Å²) in [5.74, 6) is 0.787. The predicted octanol–water partition coefficient (Wildman–Crippen LogP) is 3.77. The van der Waals surface area contributed by atoms with Crippen molar-refractivity contribution in [2.45, 2.75) is 25.9 Å². The monoisotopic (exact) mass is 370 g/mol. The van der Waals surface area contributed by atoms with E-state index in [-0.39, 0.29) is 12.0 Å². The standard InChI is InChI=1S/C21H26N2O4/c1-14-6-8-15(9-7-14)19-16(5-4-12-27-19)13-22-18-11-10-17(21(24)26-3)20(23-18)25-2/h6-11,16,19H,4-5,12-13H2,1-3H3,(H,22,23). The minimum atomic E-state index is -0.467. The Balaban J connectivity index is 1.70. The number of aromatic nitrogens is 1. The van der Waals surface area contributed by atoms with E-state index < -0.39 is 5.97 Å². The molecule has 1 N–H and O–H groups in total. The second kappa shape index (κ2) is 8.86. The normalized spacial score (nSPS) is 19.4. The van der Waals surface area contributed by atoms with Gasteiger partial charge in [-0.15, -0.1) is 0 Å². The summed E-state index contributed by atoms with van der Waals surface area (Å²) in [5, 5.41) is 3.36. The fourth-order valence-electron chi connectivity index (χ4n) is 3.37. The number of carbonyl (C=O) groups excluding carboxylic acids is 1. The van der Waals surface area contributed by atoms with Crippen LogP contribution >= 0.6 is 0 Å². The number of benzene rings is 1. The Bertz CT molecular complexity index is 776. The molecular weight excluding hydrogens is 344 g/mol. The summed E-state index contributed by atoms with van der Waals surface area (Å²) in [6, 6.07) is 12.0. The molecule has 3 rings (SSSR count). The molecule has 6 heteroatoms. The maximum Gasteiger partial charge on any atom is 0.343 e. The van der Waals surface area contributed by atoms with Gasteiger partial charge in [0.2, 0.25) is 5.88 Å². The van der Waals surface area contributed by atoms with Gasteiger partial charge in [-0.25, -0.2) is 4.79 Å². The van der Waals surface area contributed by atoms with Crippen LogP contribution in [0.1, 0.15) is 40.4 Å². The number of nitrogens with zero attached hydrogens (tertiary/aromatic N) is 1. The van der Waals surface area contributed by atoms with Crippen LogP contribution in [0.25, 0.3) is 0 Å². The Hall–Kier alpha value is -2.60. The number of rotatable bonds is 6. The second-order valence-electron chi connectivity index (χ2n) is 6.73. The molecular formula is C21H26N2O4. The average molecular weight is 370 g/mol. The molecule has 1 aromatic carbocycles. The third-order valence-electron chi connectivity index (χ3n) is 4.85. The number of nitrogens with one attached hydrogen (secondary N) is 1. The number of hydrogen-bond acceptors (Lipinski definition) is 6.